The first-order valence-corrected chi connectivity index (χ1v) is 7.10. The zero-order valence-electron chi connectivity index (χ0n) is 10.4. The second-order valence-electron chi connectivity index (χ2n) is 4.39. The molecule has 0 N–H and O–H groups in total. The van der Waals surface area contributed by atoms with Gasteiger partial charge in [0.15, 0.2) is 0 Å². The Morgan fingerprint density at radius 3 is 2.94 bits per heavy atom. The van der Waals surface area contributed by atoms with Gasteiger partial charge in [-0.05, 0) is 35.9 Å². The van der Waals surface area contributed by atoms with Crippen molar-refractivity contribution in [2.45, 2.75) is 19.8 Å². The van der Waals surface area contributed by atoms with Crippen molar-refractivity contribution in [3.8, 4) is 0 Å². The third-order valence-corrected chi connectivity index (χ3v) is 4.18. The third kappa shape index (κ3) is 2.16. The van der Waals surface area contributed by atoms with Gasteiger partial charge in [-0.25, -0.2) is 0 Å². The standard InChI is InChI=1S/C16H15NS/c1-2-5-12-8-9-14(17-11-12)16-10-13-6-3-4-7-15(13)18-16/h3-7,9-11H,2,8H2,1H3. The Morgan fingerprint density at radius 2 is 2.22 bits per heavy atom. The number of benzene rings is 1. The summed E-state index contributed by atoms with van der Waals surface area (Å²) in [5, 5.41) is 1.31. The molecule has 1 aliphatic rings. The number of thiophene rings is 1. The van der Waals surface area contributed by atoms with Gasteiger partial charge in [0, 0.05) is 10.9 Å². The number of hydrogen-bond donors (Lipinski definition) is 0. The summed E-state index contributed by atoms with van der Waals surface area (Å²) < 4.78 is 1.33. The third-order valence-electron chi connectivity index (χ3n) is 3.04. The van der Waals surface area contributed by atoms with Gasteiger partial charge in [0.05, 0.1) is 10.6 Å². The predicted octanol–water partition coefficient (Wildman–Crippen LogP) is 5.05. The van der Waals surface area contributed by atoms with Crippen LogP contribution in [-0.4, -0.2) is 6.21 Å². The normalized spacial score (nSPS) is 17.4. The van der Waals surface area contributed by atoms with Gasteiger partial charge in [-0.1, -0.05) is 37.3 Å². The van der Waals surface area contributed by atoms with Crippen LogP contribution in [0.15, 0.2) is 53.0 Å². The van der Waals surface area contributed by atoms with E-state index in [1.807, 2.05) is 17.6 Å². The molecule has 3 rings (SSSR count). The van der Waals surface area contributed by atoms with Crippen LogP contribution >= 0.6 is 11.3 Å². The Morgan fingerprint density at radius 1 is 1.33 bits per heavy atom. The molecule has 0 saturated heterocycles. The van der Waals surface area contributed by atoms with E-state index in [1.54, 1.807) is 0 Å². The first kappa shape index (κ1) is 11.4. The number of rotatable bonds is 2. The molecule has 1 aromatic heterocycles. The Bertz CT molecular complexity index is 626. The highest BCUT2D eigenvalue weighted by Gasteiger charge is 2.08. The van der Waals surface area contributed by atoms with Crippen molar-refractivity contribution < 1.29 is 0 Å². The van der Waals surface area contributed by atoms with Crippen LogP contribution in [0.2, 0.25) is 0 Å². The van der Waals surface area contributed by atoms with Crippen LogP contribution in [0.5, 0.6) is 0 Å². The number of hydrogen-bond acceptors (Lipinski definition) is 2. The van der Waals surface area contributed by atoms with Crippen LogP contribution in [-0.2, 0) is 0 Å². The van der Waals surface area contributed by atoms with E-state index in [0.717, 1.165) is 18.5 Å². The number of fused-ring (bicyclic) bond motifs is 1. The molecular formula is C16H15NS. The van der Waals surface area contributed by atoms with E-state index in [2.05, 4.69) is 54.4 Å². The Balaban J connectivity index is 1.93. The van der Waals surface area contributed by atoms with E-state index in [9.17, 15) is 0 Å². The molecule has 2 heteroatoms. The molecule has 1 aromatic carbocycles. The van der Waals surface area contributed by atoms with Crippen molar-refractivity contribution in [3.63, 3.8) is 0 Å². The summed E-state index contributed by atoms with van der Waals surface area (Å²) in [6.45, 7) is 2.16. The zero-order valence-corrected chi connectivity index (χ0v) is 11.2. The highest BCUT2D eigenvalue weighted by atomic mass is 32.1. The van der Waals surface area contributed by atoms with E-state index in [1.165, 1.54) is 20.5 Å². The van der Waals surface area contributed by atoms with E-state index >= 15 is 0 Å². The summed E-state index contributed by atoms with van der Waals surface area (Å²) in [5.74, 6) is 0. The molecule has 1 aliphatic heterocycles. The van der Waals surface area contributed by atoms with Crippen LogP contribution < -0.4 is 0 Å². The molecule has 90 valence electrons. The van der Waals surface area contributed by atoms with Gasteiger partial charge < -0.3 is 0 Å². The lowest BCUT2D eigenvalue weighted by atomic mass is 10.1. The molecule has 0 spiro atoms. The molecule has 2 aromatic rings. The molecule has 0 fully saturated rings. The molecule has 0 aliphatic carbocycles. The molecule has 0 radical (unpaired) electrons. The fourth-order valence-corrected chi connectivity index (χ4v) is 3.20. The minimum Gasteiger partial charge on any atom is -0.255 e. The van der Waals surface area contributed by atoms with Gasteiger partial charge in [0.25, 0.3) is 0 Å². The summed E-state index contributed by atoms with van der Waals surface area (Å²) in [6.07, 6.45) is 8.55. The summed E-state index contributed by atoms with van der Waals surface area (Å²) in [7, 11) is 0. The highest BCUT2D eigenvalue weighted by Crippen LogP contribution is 2.32. The van der Waals surface area contributed by atoms with E-state index < -0.39 is 0 Å². The SMILES string of the molecule is CCC=C1C=NC(c2cc3ccccc3s2)=CC1. The van der Waals surface area contributed by atoms with Crippen molar-refractivity contribution >= 4 is 33.3 Å². The molecule has 0 atom stereocenters. The first-order chi connectivity index (χ1) is 8.86. The molecule has 0 saturated carbocycles. The molecule has 18 heavy (non-hydrogen) atoms. The number of nitrogens with zero attached hydrogens (tertiary/aromatic N) is 1. The molecule has 0 amide bonds. The van der Waals surface area contributed by atoms with Gasteiger partial charge in [-0.2, -0.15) is 0 Å². The van der Waals surface area contributed by atoms with E-state index in [0.29, 0.717) is 0 Å². The molecular weight excluding hydrogens is 238 g/mol. The summed E-state index contributed by atoms with van der Waals surface area (Å²) in [4.78, 5) is 5.84. The van der Waals surface area contributed by atoms with Crippen LogP contribution in [0, 0.1) is 0 Å². The van der Waals surface area contributed by atoms with E-state index in [-0.39, 0.29) is 0 Å². The van der Waals surface area contributed by atoms with Crippen molar-refractivity contribution in [1.82, 2.24) is 0 Å². The lowest BCUT2D eigenvalue weighted by Gasteiger charge is -2.06. The van der Waals surface area contributed by atoms with Crippen LogP contribution in [0.25, 0.3) is 15.8 Å². The topological polar surface area (TPSA) is 12.4 Å². The van der Waals surface area contributed by atoms with Gasteiger partial charge in [0.1, 0.15) is 0 Å². The fourth-order valence-electron chi connectivity index (χ4n) is 2.14. The van der Waals surface area contributed by atoms with Crippen molar-refractivity contribution in [2.24, 2.45) is 4.99 Å². The van der Waals surface area contributed by atoms with Gasteiger partial charge in [-0.3, -0.25) is 4.99 Å². The average Bonchev–Trinajstić information content (AvgIpc) is 2.84. The second kappa shape index (κ2) is 4.91. The lowest BCUT2D eigenvalue weighted by molar-refractivity contribution is 1.17. The Kier molecular flexibility index (Phi) is 3.11. The quantitative estimate of drug-likeness (QED) is 0.710. The van der Waals surface area contributed by atoms with Gasteiger partial charge in [0.2, 0.25) is 0 Å². The summed E-state index contributed by atoms with van der Waals surface area (Å²) in [5.41, 5.74) is 2.44. The maximum atomic E-state index is 4.57. The van der Waals surface area contributed by atoms with Gasteiger partial charge in [-0.15, -0.1) is 11.3 Å². The summed E-state index contributed by atoms with van der Waals surface area (Å²) >= 11 is 1.82. The van der Waals surface area contributed by atoms with Crippen LogP contribution in [0.1, 0.15) is 24.6 Å². The minimum absolute atomic E-state index is 1.00. The fraction of sp³-hybridized carbons (Fsp3) is 0.188. The van der Waals surface area contributed by atoms with Crippen LogP contribution in [0.4, 0.5) is 0 Å². The Labute approximate surface area is 111 Å². The summed E-state index contributed by atoms with van der Waals surface area (Å²) in [6, 6.07) is 10.7. The maximum Gasteiger partial charge on any atom is 0.0765 e. The minimum atomic E-state index is 1.00. The largest absolute Gasteiger partial charge is 0.255 e. The molecule has 0 unspecified atom stereocenters. The zero-order chi connectivity index (χ0) is 12.4. The predicted molar refractivity (Wildman–Crippen MR) is 81.3 cm³/mol. The van der Waals surface area contributed by atoms with E-state index in [4.69, 9.17) is 0 Å². The van der Waals surface area contributed by atoms with Crippen molar-refractivity contribution in [1.29, 1.82) is 0 Å². The highest BCUT2D eigenvalue weighted by molar-refractivity contribution is 7.20. The van der Waals surface area contributed by atoms with Crippen LogP contribution in [0.3, 0.4) is 0 Å². The number of aliphatic imine (C=N–C) groups is 1. The van der Waals surface area contributed by atoms with Crippen molar-refractivity contribution in [2.75, 3.05) is 0 Å². The molecule has 0 bridgehead atoms. The number of allylic oxidation sites excluding steroid dienone is 3. The molecule has 2 heterocycles. The first-order valence-electron chi connectivity index (χ1n) is 6.29. The smallest absolute Gasteiger partial charge is 0.0765 e. The molecule has 1 nitrogen and oxygen atoms in total. The Hall–Kier alpha value is -1.67. The second-order valence-corrected chi connectivity index (χ2v) is 5.47. The maximum absolute atomic E-state index is 4.57. The lowest BCUT2D eigenvalue weighted by Crippen LogP contribution is -1.91. The van der Waals surface area contributed by atoms with Crippen molar-refractivity contribution in [3.05, 3.63) is 52.9 Å². The van der Waals surface area contributed by atoms with Gasteiger partial charge >= 0.3 is 0 Å². The monoisotopic (exact) mass is 253 g/mol. The average molecular weight is 253 g/mol.